The Morgan fingerprint density at radius 3 is 2.73 bits per heavy atom. The number of aromatic nitrogens is 1. The molecule has 0 aliphatic rings. The summed E-state index contributed by atoms with van der Waals surface area (Å²) >= 11 is 0. The maximum atomic E-state index is 10.1. The fraction of sp³-hybridized carbons (Fsp3) is 0.263. The molecule has 1 N–H and O–H groups in total. The van der Waals surface area contributed by atoms with E-state index in [0.29, 0.717) is 5.75 Å². The number of rotatable bonds is 5. The zero-order valence-corrected chi connectivity index (χ0v) is 13.0. The highest BCUT2D eigenvalue weighted by atomic mass is 16.5. The number of fused-ring (bicyclic) bond motifs is 1. The van der Waals surface area contributed by atoms with Crippen molar-refractivity contribution < 1.29 is 9.84 Å². The Bertz CT molecular complexity index is 789. The van der Waals surface area contributed by atoms with Gasteiger partial charge in [0, 0.05) is 42.9 Å². The third-order valence-corrected chi connectivity index (χ3v) is 4.04. The summed E-state index contributed by atoms with van der Waals surface area (Å²) in [7, 11) is 1.73. The molecule has 0 radical (unpaired) electrons. The van der Waals surface area contributed by atoms with Gasteiger partial charge in [0.2, 0.25) is 0 Å². The molecule has 1 heterocycles. The number of nitrogens with zero attached hydrogens (tertiary/aromatic N) is 1. The van der Waals surface area contributed by atoms with E-state index in [1.807, 2.05) is 18.2 Å². The van der Waals surface area contributed by atoms with E-state index in [1.54, 1.807) is 13.2 Å². The first kappa shape index (κ1) is 14.7. The van der Waals surface area contributed by atoms with E-state index in [4.69, 9.17) is 4.74 Å². The minimum Gasteiger partial charge on any atom is -0.507 e. The standard InChI is InChI=1S/C19H21NO2/c1-14-13-20(10-5-11-22-2)18-12-15(8-9-16(14)18)17-6-3-4-7-19(17)21/h3-4,6-9,12-13,21H,5,10-11H2,1-2H3. The topological polar surface area (TPSA) is 34.4 Å². The molecule has 0 aliphatic carbocycles. The highest BCUT2D eigenvalue weighted by Crippen LogP contribution is 2.32. The zero-order valence-electron chi connectivity index (χ0n) is 13.0. The van der Waals surface area contributed by atoms with Crippen molar-refractivity contribution in [2.45, 2.75) is 19.9 Å². The van der Waals surface area contributed by atoms with Crippen LogP contribution in [0.25, 0.3) is 22.0 Å². The van der Waals surface area contributed by atoms with E-state index in [1.165, 1.54) is 16.5 Å². The Morgan fingerprint density at radius 2 is 1.95 bits per heavy atom. The molecule has 3 nitrogen and oxygen atoms in total. The molecule has 3 aromatic rings. The van der Waals surface area contributed by atoms with Gasteiger partial charge in [-0.25, -0.2) is 0 Å². The normalized spacial score (nSPS) is 11.2. The van der Waals surface area contributed by atoms with Crippen molar-refractivity contribution >= 4 is 10.9 Å². The smallest absolute Gasteiger partial charge is 0.123 e. The lowest BCUT2D eigenvalue weighted by atomic mass is 10.0. The number of para-hydroxylation sites is 1. The second-order valence-electron chi connectivity index (χ2n) is 5.60. The highest BCUT2D eigenvalue weighted by Gasteiger charge is 2.09. The molecule has 0 aliphatic heterocycles. The molecule has 2 aromatic carbocycles. The Labute approximate surface area is 130 Å². The van der Waals surface area contributed by atoms with Crippen LogP contribution in [-0.4, -0.2) is 23.4 Å². The van der Waals surface area contributed by atoms with Crippen LogP contribution in [0.2, 0.25) is 0 Å². The molecule has 1 aromatic heterocycles. The lowest BCUT2D eigenvalue weighted by Gasteiger charge is -2.08. The van der Waals surface area contributed by atoms with Crippen LogP contribution < -0.4 is 0 Å². The van der Waals surface area contributed by atoms with Crippen LogP contribution in [0, 0.1) is 6.92 Å². The molecule has 0 spiro atoms. The van der Waals surface area contributed by atoms with Crippen LogP contribution in [-0.2, 0) is 11.3 Å². The number of phenolic OH excluding ortho intramolecular Hbond substituents is 1. The SMILES string of the molecule is COCCCn1cc(C)c2ccc(-c3ccccc3O)cc21. The molecule has 3 rings (SSSR count). The fourth-order valence-electron chi connectivity index (χ4n) is 2.93. The van der Waals surface area contributed by atoms with Crippen LogP contribution in [0.15, 0.2) is 48.7 Å². The lowest BCUT2D eigenvalue weighted by Crippen LogP contribution is -1.99. The predicted molar refractivity (Wildman–Crippen MR) is 90.3 cm³/mol. The van der Waals surface area contributed by atoms with Crippen molar-refractivity contribution in [3.63, 3.8) is 0 Å². The summed E-state index contributed by atoms with van der Waals surface area (Å²) in [5.74, 6) is 0.316. The molecule has 22 heavy (non-hydrogen) atoms. The maximum Gasteiger partial charge on any atom is 0.123 e. The number of aryl methyl sites for hydroxylation is 2. The van der Waals surface area contributed by atoms with Gasteiger partial charge in [-0.2, -0.15) is 0 Å². The molecule has 0 fully saturated rings. The molecular weight excluding hydrogens is 274 g/mol. The lowest BCUT2D eigenvalue weighted by molar-refractivity contribution is 0.190. The monoisotopic (exact) mass is 295 g/mol. The number of hydrogen-bond donors (Lipinski definition) is 1. The molecule has 0 saturated carbocycles. The van der Waals surface area contributed by atoms with E-state index >= 15 is 0 Å². The molecule has 0 unspecified atom stereocenters. The average Bonchev–Trinajstić information content (AvgIpc) is 2.84. The predicted octanol–water partition coefficient (Wildman–Crippen LogP) is 4.36. The molecule has 0 bridgehead atoms. The van der Waals surface area contributed by atoms with Gasteiger partial charge in [-0.3, -0.25) is 0 Å². The third kappa shape index (κ3) is 2.72. The number of aromatic hydroxyl groups is 1. The highest BCUT2D eigenvalue weighted by molar-refractivity contribution is 5.89. The van der Waals surface area contributed by atoms with Gasteiger partial charge < -0.3 is 14.4 Å². The van der Waals surface area contributed by atoms with Gasteiger partial charge in [-0.15, -0.1) is 0 Å². The molecular formula is C19H21NO2. The molecule has 3 heteroatoms. The van der Waals surface area contributed by atoms with Crippen molar-refractivity contribution in [2.75, 3.05) is 13.7 Å². The van der Waals surface area contributed by atoms with Gasteiger partial charge in [0.1, 0.15) is 5.75 Å². The Morgan fingerprint density at radius 1 is 1.14 bits per heavy atom. The second kappa shape index (κ2) is 6.24. The van der Waals surface area contributed by atoms with Gasteiger partial charge in [-0.05, 0) is 36.6 Å². The summed E-state index contributed by atoms with van der Waals surface area (Å²) in [5.41, 5.74) is 4.38. The third-order valence-electron chi connectivity index (χ3n) is 4.04. The van der Waals surface area contributed by atoms with Crippen LogP contribution in [0.1, 0.15) is 12.0 Å². The number of ether oxygens (including phenoxy) is 1. The van der Waals surface area contributed by atoms with Crippen molar-refractivity contribution in [1.29, 1.82) is 0 Å². The summed E-state index contributed by atoms with van der Waals surface area (Å²) in [6.07, 6.45) is 3.18. The summed E-state index contributed by atoms with van der Waals surface area (Å²) in [6.45, 7) is 3.83. The first-order chi connectivity index (χ1) is 10.7. The molecule has 0 saturated heterocycles. The van der Waals surface area contributed by atoms with Gasteiger partial charge >= 0.3 is 0 Å². The first-order valence-electron chi connectivity index (χ1n) is 7.57. The number of hydrogen-bond acceptors (Lipinski definition) is 2. The summed E-state index contributed by atoms with van der Waals surface area (Å²) < 4.78 is 7.42. The van der Waals surface area contributed by atoms with Crippen molar-refractivity contribution in [2.24, 2.45) is 0 Å². The van der Waals surface area contributed by atoms with Crippen LogP contribution >= 0.6 is 0 Å². The minimum atomic E-state index is 0.316. The van der Waals surface area contributed by atoms with E-state index in [-0.39, 0.29) is 0 Å². The fourth-order valence-corrected chi connectivity index (χ4v) is 2.93. The summed E-state index contributed by atoms with van der Waals surface area (Å²) in [4.78, 5) is 0. The Hall–Kier alpha value is -2.26. The first-order valence-corrected chi connectivity index (χ1v) is 7.57. The zero-order chi connectivity index (χ0) is 15.5. The summed E-state index contributed by atoms with van der Waals surface area (Å²) in [5, 5.41) is 11.3. The molecule has 114 valence electrons. The van der Waals surface area contributed by atoms with Gasteiger partial charge in [0.15, 0.2) is 0 Å². The summed E-state index contributed by atoms with van der Waals surface area (Å²) in [6, 6.07) is 13.8. The quantitative estimate of drug-likeness (QED) is 0.710. The largest absolute Gasteiger partial charge is 0.507 e. The van der Waals surface area contributed by atoms with E-state index in [2.05, 4.69) is 35.9 Å². The van der Waals surface area contributed by atoms with Crippen molar-refractivity contribution in [3.05, 3.63) is 54.2 Å². The average molecular weight is 295 g/mol. The van der Waals surface area contributed by atoms with E-state index in [9.17, 15) is 5.11 Å². The Balaban J connectivity index is 2.04. The van der Waals surface area contributed by atoms with Gasteiger partial charge in [0.05, 0.1) is 0 Å². The van der Waals surface area contributed by atoms with Crippen LogP contribution in [0.3, 0.4) is 0 Å². The van der Waals surface area contributed by atoms with E-state index in [0.717, 1.165) is 30.7 Å². The van der Waals surface area contributed by atoms with Gasteiger partial charge in [-0.1, -0.05) is 30.3 Å². The van der Waals surface area contributed by atoms with Crippen molar-refractivity contribution in [1.82, 2.24) is 4.57 Å². The molecule has 0 amide bonds. The maximum absolute atomic E-state index is 10.1. The van der Waals surface area contributed by atoms with E-state index < -0.39 is 0 Å². The second-order valence-corrected chi connectivity index (χ2v) is 5.60. The van der Waals surface area contributed by atoms with Crippen LogP contribution in [0.5, 0.6) is 5.75 Å². The number of methoxy groups -OCH3 is 1. The van der Waals surface area contributed by atoms with Crippen molar-refractivity contribution in [3.8, 4) is 16.9 Å². The minimum absolute atomic E-state index is 0.316. The number of phenols is 1. The number of benzene rings is 2. The molecule has 0 atom stereocenters. The Kier molecular flexibility index (Phi) is 4.16. The van der Waals surface area contributed by atoms with Crippen LogP contribution in [0.4, 0.5) is 0 Å². The van der Waals surface area contributed by atoms with Gasteiger partial charge in [0.25, 0.3) is 0 Å².